The van der Waals surface area contributed by atoms with E-state index in [1.165, 1.54) is 0 Å². The van der Waals surface area contributed by atoms with Crippen LogP contribution in [0.25, 0.3) is 0 Å². The van der Waals surface area contributed by atoms with E-state index in [0.29, 0.717) is 13.0 Å². The fourth-order valence-electron chi connectivity index (χ4n) is 2.96. The van der Waals surface area contributed by atoms with Crippen LogP contribution in [-0.4, -0.2) is 40.8 Å². The molecule has 2 fully saturated rings. The van der Waals surface area contributed by atoms with Crippen LogP contribution in [-0.2, 0) is 9.59 Å². The number of carbonyl (C=O) groups is 2. The molecule has 1 unspecified atom stereocenters. The zero-order valence-electron chi connectivity index (χ0n) is 11.0. The maximum Gasteiger partial charge on any atom is 0.249 e. The van der Waals surface area contributed by atoms with Crippen molar-refractivity contribution >= 4 is 17.5 Å². The normalized spacial score (nSPS) is 23.5. The van der Waals surface area contributed by atoms with E-state index in [1.54, 1.807) is 16.0 Å². The molecular weight excluding hydrogens is 242 g/mol. The van der Waals surface area contributed by atoms with E-state index in [4.69, 9.17) is 0 Å². The Morgan fingerprint density at radius 1 is 1.32 bits per heavy atom. The van der Waals surface area contributed by atoms with Crippen LogP contribution >= 0.6 is 0 Å². The smallest absolute Gasteiger partial charge is 0.249 e. The molecule has 0 bridgehead atoms. The van der Waals surface area contributed by atoms with Crippen molar-refractivity contribution < 1.29 is 9.59 Å². The van der Waals surface area contributed by atoms with Crippen LogP contribution in [0.15, 0.2) is 18.3 Å². The highest BCUT2D eigenvalue weighted by atomic mass is 16.2. The quantitative estimate of drug-likeness (QED) is 0.759. The number of hydrogen-bond acceptors (Lipinski definition) is 3. The molecule has 0 spiro atoms. The van der Waals surface area contributed by atoms with E-state index in [0.717, 1.165) is 30.8 Å². The molecule has 2 amide bonds. The molecule has 0 saturated carbocycles. The Morgan fingerprint density at radius 2 is 2.16 bits per heavy atom. The molecule has 0 aromatic carbocycles. The van der Waals surface area contributed by atoms with Gasteiger partial charge in [-0.15, -0.1) is 0 Å². The van der Waals surface area contributed by atoms with Gasteiger partial charge in [-0.2, -0.15) is 0 Å². The number of pyridine rings is 1. The lowest BCUT2D eigenvalue weighted by Gasteiger charge is -2.25. The average Bonchev–Trinajstić information content (AvgIpc) is 2.85. The number of carbonyl (C=O) groups excluding carboxylic acids is 2. The molecule has 5 nitrogen and oxygen atoms in total. The van der Waals surface area contributed by atoms with Gasteiger partial charge in [0.2, 0.25) is 11.8 Å². The standard InChI is InChI=1S/C14H17N3O2/c1-10-11(4-2-7-15-10)17-9-6-13(18)16-8-3-5-12(16)14(17)19/h2,4,7,12H,3,5-6,8-9H2,1H3. The number of rotatable bonds is 1. The summed E-state index contributed by atoms with van der Waals surface area (Å²) < 4.78 is 0. The summed E-state index contributed by atoms with van der Waals surface area (Å²) in [5.41, 5.74) is 1.66. The van der Waals surface area contributed by atoms with Gasteiger partial charge < -0.3 is 9.80 Å². The Hall–Kier alpha value is -1.91. The van der Waals surface area contributed by atoms with Crippen molar-refractivity contribution in [3.05, 3.63) is 24.0 Å². The summed E-state index contributed by atoms with van der Waals surface area (Å²) in [6, 6.07) is 3.46. The fourth-order valence-corrected chi connectivity index (χ4v) is 2.96. The number of nitrogens with zero attached hydrogens (tertiary/aromatic N) is 3. The molecule has 3 rings (SSSR count). The first kappa shape index (κ1) is 12.1. The predicted octanol–water partition coefficient (Wildman–Crippen LogP) is 1.12. The van der Waals surface area contributed by atoms with E-state index in [1.807, 2.05) is 19.1 Å². The summed E-state index contributed by atoms with van der Waals surface area (Å²) in [5.74, 6) is 0.138. The zero-order chi connectivity index (χ0) is 13.4. The Labute approximate surface area is 112 Å². The molecule has 0 radical (unpaired) electrons. The minimum Gasteiger partial charge on any atom is -0.331 e. The summed E-state index contributed by atoms with van der Waals surface area (Å²) in [4.78, 5) is 32.4. The predicted molar refractivity (Wildman–Crippen MR) is 70.7 cm³/mol. The van der Waals surface area contributed by atoms with Crippen LogP contribution in [0.2, 0.25) is 0 Å². The van der Waals surface area contributed by atoms with Crippen molar-refractivity contribution in [3.8, 4) is 0 Å². The number of amides is 2. The molecule has 0 N–H and O–H groups in total. The molecule has 5 heteroatoms. The summed E-state index contributed by atoms with van der Waals surface area (Å²) in [6.07, 6.45) is 3.81. The third-order valence-corrected chi connectivity index (χ3v) is 3.94. The molecule has 100 valence electrons. The van der Waals surface area contributed by atoms with Gasteiger partial charge >= 0.3 is 0 Å². The lowest BCUT2D eigenvalue weighted by atomic mass is 10.1. The molecular formula is C14H17N3O2. The van der Waals surface area contributed by atoms with Gasteiger partial charge in [-0.1, -0.05) is 0 Å². The largest absolute Gasteiger partial charge is 0.331 e. The number of fused-ring (bicyclic) bond motifs is 1. The van der Waals surface area contributed by atoms with Crippen LogP contribution in [0, 0.1) is 6.92 Å². The molecule has 2 saturated heterocycles. The van der Waals surface area contributed by atoms with Gasteiger partial charge in [-0.25, -0.2) is 0 Å². The van der Waals surface area contributed by atoms with Gasteiger partial charge in [0.05, 0.1) is 11.4 Å². The van der Waals surface area contributed by atoms with Crippen molar-refractivity contribution in [2.45, 2.75) is 32.2 Å². The molecule has 1 aromatic heterocycles. The number of anilines is 1. The first-order valence-electron chi connectivity index (χ1n) is 6.71. The summed E-state index contributed by atoms with van der Waals surface area (Å²) >= 11 is 0. The van der Waals surface area contributed by atoms with E-state index in [9.17, 15) is 9.59 Å². The van der Waals surface area contributed by atoms with E-state index in [-0.39, 0.29) is 17.9 Å². The summed E-state index contributed by atoms with van der Waals surface area (Å²) in [7, 11) is 0. The van der Waals surface area contributed by atoms with Crippen molar-refractivity contribution in [1.82, 2.24) is 9.88 Å². The molecule has 1 atom stereocenters. The third-order valence-electron chi connectivity index (χ3n) is 3.94. The summed E-state index contributed by atoms with van der Waals surface area (Å²) in [5, 5.41) is 0. The monoisotopic (exact) mass is 259 g/mol. The maximum absolute atomic E-state index is 12.6. The van der Waals surface area contributed by atoms with Crippen LogP contribution < -0.4 is 4.90 Å². The minimum absolute atomic E-state index is 0.0412. The highest BCUT2D eigenvalue weighted by Gasteiger charge is 2.39. The molecule has 1 aromatic rings. The van der Waals surface area contributed by atoms with Crippen molar-refractivity contribution in [2.24, 2.45) is 0 Å². The lowest BCUT2D eigenvalue weighted by Crippen LogP contribution is -2.44. The zero-order valence-corrected chi connectivity index (χ0v) is 11.0. The molecule has 2 aliphatic rings. The third kappa shape index (κ3) is 1.99. The SMILES string of the molecule is Cc1ncccc1N1CCC(=O)N2CCCC2C1=O. The van der Waals surface area contributed by atoms with Gasteiger partial charge in [0.25, 0.3) is 0 Å². The molecule has 19 heavy (non-hydrogen) atoms. The van der Waals surface area contributed by atoms with E-state index < -0.39 is 0 Å². The first-order chi connectivity index (χ1) is 9.18. The topological polar surface area (TPSA) is 53.5 Å². The molecule has 3 heterocycles. The Balaban J connectivity index is 1.96. The second kappa shape index (κ2) is 4.64. The van der Waals surface area contributed by atoms with Gasteiger partial charge in [0, 0.05) is 25.7 Å². The van der Waals surface area contributed by atoms with Gasteiger partial charge in [-0.3, -0.25) is 14.6 Å². The Morgan fingerprint density at radius 3 is 2.95 bits per heavy atom. The fraction of sp³-hybridized carbons (Fsp3) is 0.500. The molecule has 2 aliphatic heterocycles. The van der Waals surface area contributed by atoms with Crippen LogP contribution in [0.4, 0.5) is 5.69 Å². The van der Waals surface area contributed by atoms with E-state index in [2.05, 4.69) is 4.98 Å². The Kier molecular flexibility index (Phi) is 2.97. The number of aromatic nitrogens is 1. The minimum atomic E-state index is -0.269. The van der Waals surface area contributed by atoms with Crippen LogP contribution in [0.1, 0.15) is 25.0 Å². The molecule has 0 aliphatic carbocycles. The van der Waals surface area contributed by atoms with E-state index >= 15 is 0 Å². The highest BCUT2D eigenvalue weighted by Crippen LogP contribution is 2.27. The Bertz CT molecular complexity index is 529. The number of hydrogen-bond donors (Lipinski definition) is 0. The van der Waals surface area contributed by atoms with Gasteiger partial charge in [0.15, 0.2) is 0 Å². The van der Waals surface area contributed by atoms with Crippen molar-refractivity contribution in [2.75, 3.05) is 18.0 Å². The van der Waals surface area contributed by atoms with Gasteiger partial charge in [-0.05, 0) is 31.9 Å². The summed E-state index contributed by atoms with van der Waals surface area (Å²) in [6.45, 7) is 3.06. The lowest BCUT2D eigenvalue weighted by molar-refractivity contribution is -0.135. The first-order valence-corrected chi connectivity index (χ1v) is 6.71. The van der Waals surface area contributed by atoms with Crippen molar-refractivity contribution in [3.63, 3.8) is 0 Å². The maximum atomic E-state index is 12.6. The van der Waals surface area contributed by atoms with Gasteiger partial charge in [0.1, 0.15) is 6.04 Å². The second-order valence-electron chi connectivity index (χ2n) is 5.09. The average molecular weight is 259 g/mol. The second-order valence-corrected chi connectivity index (χ2v) is 5.09. The van der Waals surface area contributed by atoms with Crippen LogP contribution in [0.3, 0.4) is 0 Å². The highest BCUT2D eigenvalue weighted by molar-refractivity contribution is 6.01. The van der Waals surface area contributed by atoms with Crippen LogP contribution in [0.5, 0.6) is 0 Å². The number of aryl methyl sites for hydroxylation is 1. The van der Waals surface area contributed by atoms with Crippen molar-refractivity contribution in [1.29, 1.82) is 0 Å².